The summed E-state index contributed by atoms with van der Waals surface area (Å²) in [5.74, 6) is 0.186. The van der Waals surface area contributed by atoms with Crippen molar-refractivity contribution in [1.29, 1.82) is 0 Å². The number of nitrogens with one attached hydrogen (secondary N) is 2. The molecule has 96 valence electrons. The van der Waals surface area contributed by atoms with Crippen LogP contribution in [0.2, 0.25) is 0 Å². The number of hydrogen-bond donors (Lipinski definition) is 2. The molecule has 1 saturated carbocycles. The molecule has 0 aromatic carbocycles. The van der Waals surface area contributed by atoms with Gasteiger partial charge in [-0.25, -0.2) is 0 Å². The van der Waals surface area contributed by atoms with E-state index in [1.165, 1.54) is 19.3 Å². The fraction of sp³-hybridized carbons (Fsp3) is 0.923. The Bertz CT molecular complexity index is 302. The Morgan fingerprint density at radius 3 is 2.88 bits per heavy atom. The number of carbonyl (C=O) groups excluding carboxylic acids is 1. The first-order valence-electron chi connectivity index (χ1n) is 6.95. The van der Waals surface area contributed by atoms with Gasteiger partial charge in [0.1, 0.15) is 0 Å². The summed E-state index contributed by atoms with van der Waals surface area (Å²) in [7, 11) is 0. The Balaban J connectivity index is 1.55. The number of carbonyl (C=O) groups is 1. The fourth-order valence-corrected chi connectivity index (χ4v) is 3.31. The highest BCUT2D eigenvalue weighted by Crippen LogP contribution is 2.42. The number of hydrogen-bond acceptors (Lipinski definition) is 3. The van der Waals surface area contributed by atoms with Gasteiger partial charge < -0.3 is 15.4 Å². The van der Waals surface area contributed by atoms with Gasteiger partial charge in [-0.15, -0.1) is 0 Å². The summed E-state index contributed by atoms with van der Waals surface area (Å²) in [4.78, 5) is 11.7. The second-order valence-corrected chi connectivity index (χ2v) is 5.73. The van der Waals surface area contributed by atoms with Crippen LogP contribution in [0.3, 0.4) is 0 Å². The van der Waals surface area contributed by atoms with Gasteiger partial charge in [0.15, 0.2) is 0 Å². The highest BCUT2D eigenvalue weighted by molar-refractivity contribution is 5.82. The van der Waals surface area contributed by atoms with E-state index in [9.17, 15) is 4.79 Å². The molecular formula is C13H22N2O2. The molecule has 4 nitrogen and oxygen atoms in total. The molecule has 17 heavy (non-hydrogen) atoms. The minimum absolute atomic E-state index is 0.0315. The molecule has 0 bridgehead atoms. The van der Waals surface area contributed by atoms with Gasteiger partial charge in [0.05, 0.1) is 11.6 Å². The smallest absolute Gasteiger partial charge is 0.237 e. The number of rotatable bonds is 2. The maximum atomic E-state index is 11.7. The van der Waals surface area contributed by atoms with Gasteiger partial charge in [0.25, 0.3) is 0 Å². The van der Waals surface area contributed by atoms with Crippen molar-refractivity contribution in [1.82, 2.24) is 10.6 Å². The van der Waals surface area contributed by atoms with Crippen LogP contribution in [0.4, 0.5) is 0 Å². The van der Waals surface area contributed by atoms with Gasteiger partial charge in [-0.1, -0.05) is 0 Å². The summed E-state index contributed by atoms with van der Waals surface area (Å²) in [6, 6.07) is 0.502. The summed E-state index contributed by atoms with van der Waals surface area (Å²) in [5, 5.41) is 6.48. The zero-order valence-corrected chi connectivity index (χ0v) is 10.3. The second kappa shape index (κ2) is 4.58. The van der Waals surface area contributed by atoms with Gasteiger partial charge in [0.2, 0.25) is 5.91 Å². The summed E-state index contributed by atoms with van der Waals surface area (Å²) in [6.07, 6.45) is 7.94. The molecule has 1 spiro atoms. The average molecular weight is 238 g/mol. The fourth-order valence-electron chi connectivity index (χ4n) is 3.31. The van der Waals surface area contributed by atoms with Crippen molar-refractivity contribution in [3.05, 3.63) is 0 Å². The molecular weight excluding hydrogens is 216 g/mol. The Morgan fingerprint density at radius 1 is 1.29 bits per heavy atom. The lowest BCUT2D eigenvalue weighted by Gasteiger charge is -2.48. The van der Waals surface area contributed by atoms with Crippen LogP contribution in [-0.2, 0) is 9.53 Å². The predicted octanol–water partition coefficient (Wildman–Crippen LogP) is 0.956. The van der Waals surface area contributed by atoms with Gasteiger partial charge in [-0.3, -0.25) is 4.79 Å². The summed E-state index contributed by atoms with van der Waals surface area (Å²) in [5.41, 5.74) is 0.168. The van der Waals surface area contributed by atoms with Crippen molar-refractivity contribution in [3.8, 4) is 0 Å². The highest BCUT2D eigenvalue weighted by Gasteiger charge is 2.43. The van der Waals surface area contributed by atoms with Crippen molar-refractivity contribution in [2.45, 2.75) is 62.6 Å². The third kappa shape index (κ3) is 2.33. The van der Waals surface area contributed by atoms with Crippen LogP contribution in [0.1, 0.15) is 44.9 Å². The van der Waals surface area contributed by atoms with Crippen LogP contribution in [0.5, 0.6) is 0 Å². The van der Waals surface area contributed by atoms with Gasteiger partial charge in [0, 0.05) is 19.2 Å². The molecule has 0 radical (unpaired) electrons. The summed E-state index contributed by atoms with van der Waals surface area (Å²) in [6.45, 7) is 1.70. The van der Waals surface area contributed by atoms with Crippen LogP contribution in [0.25, 0.3) is 0 Å². The summed E-state index contributed by atoms with van der Waals surface area (Å²) < 4.78 is 5.91. The van der Waals surface area contributed by atoms with E-state index in [-0.39, 0.29) is 17.6 Å². The SMILES string of the molecule is O=C1NCCCC1NC1CCOC2(CCC2)C1. The molecule has 4 heteroatoms. The molecule has 1 aliphatic carbocycles. The molecule has 2 saturated heterocycles. The third-order valence-corrected chi connectivity index (χ3v) is 4.48. The topological polar surface area (TPSA) is 50.4 Å². The molecule has 1 amide bonds. The predicted molar refractivity (Wildman–Crippen MR) is 64.7 cm³/mol. The van der Waals surface area contributed by atoms with Crippen molar-refractivity contribution < 1.29 is 9.53 Å². The van der Waals surface area contributed by atoms with E-state index in [0.717, 1.165) is 38.8 Å². The van der Waals surface area contributed by atoms with Crippen molar-refractivity contribution in [3.63, 3.8) is 0 Å². The van der Waals surface area contributed by atoms with Crippen LogP contribution in [0, 0.1) is 0 Å². The maximum Gasteiger partial charge on any atom is 0.237 e. The second-order valence-electron chi connectivity index (χ2n) is 5.73. The number of amides is 1. The van der Waals surface area contributed by atoms with Gasteiger partial charge >= 0.3 is 0 Å². The van der Waals surface area contributed by atoms with Gasteiger partial charge in [-0.2, -0.15) is 0 Å². The lowest BCUT2D eigenvalue weighted by Crippen LogP contribution is -2.56. The lowest BCUT2D eigenvalue weighted by molar-refractivity contribution is -0.139. The Labute approximate surface area is 102 Å². The van der Waals surface area contributed by atoms with Crippen molar-refractivity contribution >= 4 is 5.91 Å². The first kappa shape index (κ1) is 11.5. The average Bonchev–Trinajstić information content (AvgIpc) is 2.31. The molecule has 2 atom stereocenters. The molecule has 3 fully saturated rings. The molecule has 0 aromatic heterocycles. The van der Waals surface area contributed by atoms with Crippen LogP contribution >= 0.6 is 0 Å². The minimum Gasteiger partial charge on any atom is -0.375 e. The lowest BCUT2D eigenvalue weighted by atomic mass is 9.74. The first-order chi connectivity index (χ1) is 8.27. The summed E-state index contributed by atoms with van der Waals surface area (Å²) >= 11 is 0. The van der Waals surface area contributed by atoms with E-state index in [1.807, 2.05) is 0 Å². The molecule has 0 aromatic rings. The van der Waals surface area contributed by atoms with E-state index >= 15 is 0 Å². The number of piperidine rings is 1. The Hall–Kier alpha value is -0.610. The zero-order chi connectivity index (χ0) is 11.7. The van der Waals surface area contributed by atoms with Crippen LogP contribution in [0.15, 0.2) is 0 Å². The van der Waals surface area contributed by atoms with E-state index in [2.05, 4.69) is 10.6 Å². The van der Waals surface area contributed by atoms with E-state index in [4.69, 9.17) is 4.74 Å². The molecule has 2 heterocycles. The highest BCUT2D eigenvalue weighted by atomic mass is 16.5. The number of ether oxygens (including phenoxy) is 1. The Kier molecular flexibility index (Phi) is 3.09. The standard InChI is InChI=1S/C13H22N2O2/c16-12-11(3-1-7-14-12)15-10-4-8-17-13(9-10)5-2-6-13/h10-11,15H,1-9H2,(H,14,16). The molecule has 3 aliphatic rings. The molecule has 2 unspecified atom stereocenters. The van der Waals surface area contributed by atoms with Gasteiger partial charge in [-0.05, 0) is 44.9 Å². The molecule has 3 rings (SSSR count). The van der Waals surface area contributed by atoms with Crippen LogP contribution in [-0.4, -0.2) is 36.7 Å². The molecule has 2 N–H and O–H groups in total. The van der Waals surface area contributed by atoms with Crippen LogP contribution < -0.4 is 10.6 Å². The normalized spacial score (nSPS) is 36.4. The zero-order valence-electron chi connectivity index (χ0n) is 10.3. The molecule has 2 aliphatic heterocycles. The third-order valence-electron chi connectivity index (χ3n) is 4.48. The van der Waals surface area contributed by atoms with E-state index in [0.29, 0.717) is 6.04 Å². The first-order valence-corrected chi connectivity index (χ1v) is 6.95. The maximum absolute atomic E-state index is 11.7. The van der Waals surface area contributed by atoms with Crippen molar-refractivity contribution in [2.24, 2.45) is 0 Å². The quantitative estimate of drug-likeness (QED) is 0.753. The van der Waals surface area contributed by atoms with E-state index in [1.54, 1.807) is 0 Å². The monoisotopic (exact) mass is 238 g/mol. The largest absolute Gasteiger partial charge is 0.375 e. The Morgan fingerprint density at radius 2 is 2.18 bits per heavy atom. The minimum atomic E-state index is 0.0315. The van der Waals surface area contributed by atoms with E-state index < -0.39 is 0 Å². The van der Waals surface area contributed by atoms with Crippen molar-refractivity contribution in [2.75, 3.05) is 13.2 Å².